The van der Waals surface area contributed by atoms with Crippen molar-refractivity contribution in [3.8, 4) is 11.3 Å². The second-order valence-electron chi connectivity index (χ2n) is 4.21. The molecule has 2 rings (SSSR count). The molecule has 0 amide bonds. The molecule has 0 atom stereocenters. The van der Waals surface area contributed by atoms with E-state index < -0.39 is 0 Å². The molecule has 0 aliphatic carbocycles. The van der Waals surface area contributed by atoms with Crippen molar-refractivity contribution in [1.82, 2.24) is 9.97 Å². The van der Waals surface area contributed by atoms with Crippen LogP contribution in [0.4, 0.5) is 5.95 Å². The predicted molar refractivity (Wildman–Crippen MR) is 75.7 cm³/mol. The number of thioether (sulfide) groups is 1. The van der Waals surface area contributed by atoms with Crippen molar-refractivity contribution >= 4 is 17.7 Å². The lowest BCUT2D eigenvalue weighted by atomic mass is 10.1. The first-order valence-corrected chi connectivity index (χ1v) is 6.56. The van der Waals surface area contributed by atoms with Crippen LogP contribution < -0.4 is 11.3 Å². The monoisotopic (exact) mass is 261 g/mol. The van der Waals surface area contributed by atoms with Crippen LogP contribution in [0.1, 0.15) is 13.8 Å². The number of hydrogen-bond donors (Lipinski definition) is 2. The Morgan fingerprint density at radius 1 is 1.28 bits per heavy atom. The van der Waals surface area contributed by atoms with Crippen molar-refractivity contribution in [3.05, 3.63) is 40.7 Å². The Hall–Kier alpha value is -1.75. The fraction of sp³-hybridized carbons (Fsp3) is 0.231. The normalized spacial score (nSPS) is 10.8. The van der Waals surface area contributed by atoms with E-state index in [1.807, 2.05) is 24.3 Å². The molecule has 0 unspecified atom stereocenters. The zero-order valence-corrected chi connectivity index (χ0v) is 11.1. The van der Waals surface area contributed by atoms with Crippen LogP contribution in [-0.2, 0) is 0 Å². The lowest BCUT2D eigenvalue weighted by Crippen LogP contribution is -2.10. The third-order valence-corrected chi connectivity index (χ3v) is 3.30. The van der Waals surface area contributed by atoms with Gasteiger partial charge in [-0.15, -0.1) is 11.8 Å². The topological polar surface area (TPSA) is 71.8 Å². The molecule has 0 saturated carbocycles. The summed E-state index contributed by atoms with van der Waals surface area (Å²) in [7, 11) is 0. The van der Waals surface area contributed by atoms with Crippen LogP contribution in [0.25, 0.3) is 11.3 Å². The highest BCUT2D eigenvalue weighted by molar-refractivity contribution is 7.99. The van der Waals surface area contributed by atoms with E-state index in [0.717, 1.165) is 5.56 Å². The third kappa shape index (κ3) is 3.13. The number of nitrogens with zero attached hydrogens (tertiary/aromatic N) is 1. The van der Waals surface area contributed by atoms with Gasteiger partial charge in [0.15, 0.2) is 0 Å². The van der Waals surface area contributed by atoms with Crippen LogP contribution in [0, 0.1) is 0 Å². The molecule has 0 radical (unpaired) electrons. The van der Waals surface area contributed by atoms with Gasteiger partial charge in [0.05, 0.1) is 5.69 Å². The van der Waals surface area contributed by atoms with Gasteiger partial charge in [0.1, 0.15) is 0 Å². The number of nitrogen functional groups attached to an aromatic ring is 1. The van der Waals surface area contributed by atoms with Crippen molar-refractivity contribution in [2.75, 3.05) is 5.73 Å². The fourth-order valence-electron chi connectivity index (χ4n) is 1.60. The molecule has 3 N–H and O–H groups in total. The Labute approximate surface area is 110 Å². The second-order valence-corrected chi connectivity index (χ2v) is 5.86. The highest BCUT2D eigenvalue weighted by Gasteiger charge is 2.03. The first-order valence-electron chi connectivity index (χ1n) is 5.68. The quantitative estimate of drug-likeness (QED) is 0.833. The summed E-state index contributed by atoms with van der Waals surface area (Å²) in [4.78, 5) is 19.1. The van der Waals surface area contributed by atoms with E-state index in [1.165, 1.54) is 11.0 Å². The molecule has 5 heteroatoms. The van der Waals surface area contributed by atoms with Crippen molar-refractivity contribution in [2.24, 2.45) is 0 Å². The minimum Gasteiger partial charge on any atom is -0.369 e. The third-order valence-electron chi connectivity index (χ3n) is 2.28. The second kappa shape index (κ2) is 5.27. The SMILES string of the molecule is CC(C)Sc1ccc(-c2cc(=O)[nH]c(N)n2)cc1. The molecule has 0 aliphatic rings. The Balaban J connectivity index is 2.31. The lowest BCUT2D eigenvalue weighted by molar-refractivity contribution is 1.11. The van der Waals surface area contributed by atoms with Crippen LogP contribution in [0.3, 0.4) is 0 Å². The molecule has 2 aromatic rings. The van der Waals surface area contributed by atoms with Crippen LogP contribution in [0.2, 0.25) is 0 Å². The Morgan fingerprint density at radius 2 is 1.94 bits per heavy atom. The number of rotatable bonds is 3. The van der Waals surface area contributed by atoms with Crippen molar-refractivity contribution in [1.29, 1.82) is 0 Å². The van der Waals surface area contributed by atoms with Crippen molar-refractivity contribution in [2.45, 2.75) is 24.0 Å². The fourth-order valence-corrected chi connectivity index (χ4v) is 2.44. The van der Waals surface area contributed by atoms with Gasteiger partial charge in [-0.3, -0.25) is 9.78 Å². The molecule has 0 saturated heterocycles. The number of aromatic nitrogens is 2. The van der Waals surface area contributed by atoms with E-state index in [2.05, 4.69) is 23.8 Å². The summed E-state index contributed by atoms with van der Waals surface area (Å²) in [5.74, 6) is 0.137. The minimum atomic E-state index is -0.238. The van der Waals surface area contributed by atoms with Crippen LogP contribution >= 0.6 is 11.8 Å². The maximum atomic E-state index is 11.3. The summed E-state index contributed by atoms with van der Waals surface area (Å²) < 4.78 is 0. The average Bonchev–Trinajstić information content (AvgIpc) is 2.27. The maximum Gasteiger partial charge on any atom is 0.252 e. The van der Waals surface area contributed by atoms with Crippen molar-refractivity contribution < 1.29 is 0 Å². The van der Waals surface area contributed by atoms with E-state index in [1.54, 1.807) is 11.8 Å². The van der Waals surface area contributed by atoms with Gasteiger partial charge in [0, 0.05) is 21.8 Å². The van der Waals surface area contributed by atoms with E-state index in [4.69, 9.17) is 5.73 Å². The molecular formula is C13H15N3OS. The number of benzene rings is 1. The molecule has 1 aromatic carbocycles. The van der Waals surface area contributed by atoms with E-state index in [-0.39, 0.29) is 11.5 Å². The van der Waals surface area contributed by atoms with Crippen molar-refractivity contribution in [3.63, 3.8) is 0 Å². The summed E-state index contributed by atoms with van der Waals surface area (Å²) >= 11 is 1.80. The van der Waals surface area contributed by atoms with E-state index in [9.17, 15) is 4.79 Å². The Morgan fingerprint density at radius 3 is 2.50 bits per heavy atom. The van der Waals surface area contributed by atoms with Crippen LogP contribution in [-0.4, -0.2) is 15.2 Å². The molecule has 4 nitrogen and oxygen atoms in total. The molecule has 0 aliphatic heterocycles. The van der Waals surface area contributed by atoms with Gasteiger partial charge in [-0.1, -0.05) is 26.0 Å². The van der Waals surface area contributed by atoms with E-state index in [0.29, 0.717) is 10.9 Å². The predicted octanol–water partition coefficient (Wildman–Crippen LogP) is 2.52. The number of aromatic amines is 1. The molecule has 0 fully saturated rings. The zero-order valence-electron chi connectivity index (χ0n) is 10.3. The van der Waals surface area contributed by atoms with Gasteiger partial charge >= 0.3 is 0 Å². The standard InChI is InChI=1S/C13H15N3OS/c1-8(2)18-10-5-3-9(4-6-10)11-7-12(17)16-13(14)15-11/h3-8H,1-2H3,(H3,14,15,16,17). The minimum absolute atomic E-state index is 0.137. The van der Waals surface area contributed by atoms with Gasteiger partial charge in [0.2, 0.25) is 5.95 Å². The summed E-state index contributed by atoms with van der Waals surface area (Å²) in [5, 5.41) is 0.546. The van der Waals surface area contributed by atoms with Gasteiger partial charge in [-0.05, 0) is 12.1 Å². The summed E-state index contributed by atoms with van der Waals surface area (Å²) in [6.45, 7) is 4.30. The van der Waals surface area contributed by atoms with Gasteiger partial charge in [-0.25, -0.2) is 4.98 Å². The lowest BCUT2D eigenvalue weighted by Gasteiger charge is -2.06. The summed E-state index contributed by atoms with van der Waals surface area (Å²) in [6, 6.07) is 9.40. The van der Waals surface area contributed by atoms with E-state index >= 15 is 0 Å². The van der Waals surface area contributed by atoms with Crippen LogP contribution in [0.5, 0.6) is 0 Å². The number of anilines is 1. The smallest absolute Gasteiger partial charge is 0.252 e. The molecular weight excluding hydrogens is 246 g/mol. The highest BCUT2D eigenvalue weighted by atomic mass is 32.2. The first-order chi connectivity index (χ1) is 8.54. The Kier molecular flexibility index (Phi) is 3.72. The molecule has 18 heavy (non-hydrogen) atoms. The summed E-state index contributed by atoms with van der Waals surface area (Å²) in [5.41, 5.74) is 6.77. The number of hydrogen-bond acceptors (Lipinski definition) is 4. The first kappa shape index (κ1) is 12.7. The van der Waals surface area contributed by atoms with Gasteiger partial charge < -0.3 is 5.73 Å². The van der Waals surface area contributed by atoms with Crippen LogP contribution in [0.15, 0.2) is 40.0 Å². The number of H-pyrrole nitrogens is 1. The molecule has 1 aromatic heterocycles. The Bertz CT molecular complexity index is 590. The van der Waals surface area contributed by atoms with Gasteiger partial charge in [-0.2, -0.15) is 0 Å². The highest BCUT2D eigenvalue weighted by Crippen LogP contribution is 2.25. The molecule has 1 heterocycles. The number of nitrogens with two attached hydrogens (primary N) is 1. The molecule has 0 spiro atoms. The number of nitrogens with one attached hydrogen (secondary N) is 1. The zero-order chi connectivity index (χ0) is 13.1. The molecule has 0 bridgehead atoms. The average molecular weight is 261 g/mol. The summed E-state index contributed by atoms with van der Waals surface area (Å²) in [6.07, 6.45) is 0. The largest absolute Gasteiger partial charge is 0.369 e. The molecule has 94 valence electrons. The van der Waals surface area contributed by atoms with Gasteiger partial charge in [0.25, 0.3) is 5.56 Å². The maximum absolute atomic E-state index is 11.3.